The third kappa shape index (κ3) is 4.23. The Morgan fingerprint density at radius 2 is 1.69 bits per heavy atom. The van der Waals surface area contributed by atoms with Crippen molar-refractivity contribution >= 4 is 31.3 Å². The Kier molecular flexibility index (Phi) is 5.43. The van der Waals surface area contributed by atoms with Gasteiger partial charge in [-0.1, -0.05) is 12.1 Å². The lowest BCUT2D eigenvalue weighted by molar-refractivity contribution is 0.101. The molecule has 0 aromatic heterocycles. The summed E-state index contributed by atoms with van der Waals surface area (Å²) in [7, 11) is -6.47. The lowest BCUT2D eigenvalue weighted by Gasteiger charge is -2.14. The maximum absolute atomic E-state index is 12.8. The molecule has 2 rings (SSSR count). The Morgan fingerprint density at radius 1 is 1.04 bits per heavy atom. The Hall–Kier alpha value is -2.39. The standard InChI is InChI=1S/C17H19NO6S2/c1-11-5-6-13(12(2)19)9-15(11)18-26(22,23)17-10-14(25(4,20)21)7-8-16(17)24-3/h5-10,18H,1-4H3. The summed E-state index contributed by atoms with van der Waals surface area (Å²) in [6.07, 6.45) is 0.985. The molecule has 0 aliphatic heterocycles. The van der Waals surface area contributed by atoms with Crippen LogP contribution in [0.4, 0.5) is 5.69 Å². The number of sulfone groups is 1. The van der Waals surface area contributed by atoms with Gasteiger partial charge in [0.1, 0.15) is 10.6 Å². The molecule has 0 atom stereocenters. The van der Waals surface area contributed by atoms with E-state index in [4.69, 9.17) is 4.74 Å². The molecule has 0 saturated carbocycles. The fourth-order valence-corrected chi connectivity index (χ4v) is 4.29. The van der Waals surface area contributed by atoms with Gasteiger partial charge < -0.3 is 4.74 Å². The molecule has 0 radical (unpaired) electrons. The molecule has 0 spiro atoms. The number of methoxy groups -OCH3 is 1. The first-order valence-corrected chi connectivity index (χ1v) is 10.9. The van der Waals surface area contributed by atoms with Crippen molar-refractivity contribution in [3.05, 3.63) is 47.5 Å². The summed E-state index contributed by atoms with van der Waals surface area (Å²) >= 11 is 0. The summed E-state index contributed by atoms with van der Waals surface area (Å²) in [6.45, 7) is 3.06. The van der Waals surface area contributed by atoms with E-state index >= 15 is 0 Å². The van der Waals surface area contributed by atoms with Crippen LogP contribution in [0, 0.1) is 6.92 Å². The number of nitrogens with one attached hydrogen (secondary N) is 1. The monoisotopic (exact) mass is 397 g/mol. The zero-order chi connectivity index (χ0) is 19.7. The molecule has 0 unspecified atom stereocenters. The minimum Gasteiger partial charge on any atom is -0.495 e. The molecule has 9 heteroatoms. The second kappa shape index (κ2) is 7.08. The minimum absolute atomic E-state index is 0.00488. The molecular formula is C17H19NO6S2. The summed E-state index contributed by atoms with van der Waals surface area (Å²) in [6, 6.07) is 8.25. The summed E-state index contributed by atoms with van der Waals surface area (Å²) < 4.78 is 56.6. The second-order valence-electron chi connectivity index (χ2n) is 5.78. The first-order chi connectivity index (χ1) is 12.0. The average molecular weight is 397 g/mol. The number of rotatable bonds is 6. The highest BCUT2D eigenvalue weighted by Crippen LogP contribution is 2.29. The molecule has 0 amide bonds. The number of aryl methyl sites for hydroxylation is 1. The van der Waals surface area contributed by atoms with Crippen LogP contribution in [0.25, 0.3) is 0 Å². The molecule has 0 fully saturated rings. The largest absolute Gasteiger partial charge is 0.495 e. The number of hydrogen-bond donors (Lipinski definition) is 1. The normalized spacial score (nSPS) is 11.8. The third-order valence-corrected chi connectivity index (χ3v) is 6.24. The van der Waals surface area contributed by atoms with Gasteiger partial charge in [-0.15, -0.1) is 0 Å². The maximum Gasteiger partial charge on any atom is 0.265 e. The van der Waals surface area contributed by atoms with Crippen molar-refractivity contribution in [2.75, 3.05) is 18.1 Å². The van der Waals surface area contributed by atoms with Crippen LogP contribution in [0.3, 0.4) is 0 Å². The van der Waals surface area contributed by atoms with E-state index in [1.807, 2.05) is 0 Å². The maximum atomic E-state index is 12.8. The average Bonchev–Trinajstić information content (AvgIpc) is 2.55. The van der Waals surface area contributed by atoms with Gasteiger partial charge in [-0.2, -0.15) is 0 Å². The van der Waals surface area contributed by atoms with E-state index in [0.717, 1.165) is 12.3 Å². The lowest BCUT2D eigenvalue weighted by atomic mass is 10.1. The van der Waals surface area contributed by atoms with Gasteiger partial charge in [-0.25, -0.2) is 16.8 Å². The quantitative estimate of drug-likeness (QED) is 0.750. The molecule has 140 valence electrons. The van der Waals surface area contributed by atoms with Crippen LogP contribution in [-0.2, 0) is 19.9 Å². The number of sulfonamides is 1. The number of hydrogen-bond acceptors (Lipinski definition) is 6. The van der Waals surface area contributed by atoms with Crippen LogP contribution in [-0.4, -0.2) is 36.0 Å². The van der Waals surface area contributed by atoms with E-state index in [9.17, 15) is 21.6 Å². The molecule has 0 saturated heterocycles. The van der Waals surface area contributed by atoms with Gasteiger partial charge in [0.15, 0.2) is 15.6 Å². The molecule has 0 aliphatic rings. The molecule has 0 aliphatic carbocycles. The Morgan fingerprint density at radius 3 is 2.23 bits per heavy atom. The Balaban J connectivity index is 2.58. The number of carbonyl (C=O) groups is 1. The number of carbonyl (C=O) groups excluding carboxylic acids is 1. The molecule has 26 heavy (non-hydrogen) atoms. The van der Waals surface area contributed by atoms with Crippen LogP contribution < -0.4 is 9.46 Å². The van der Waals surface area contributed by atoms with Gasteiger partial charge in [-0.3, -0.25) is 9.52 Å². The van der Waals surface area contributed by atoms with E-state index in [-0.39, 0.29) is 27.0 Å². The van der Waals surface area contributed by atoms with E-state index in [1.165, 1.54) is 32.2 Å². The molecule has 0 heterocycles. The van der Waals surface area contributed by atoms with Gasteiger partial charge in [0.25, 0.3) is 10.0 Å². The van der Waals surface area contributed by atoms with Gasteiger partial charge in [0.05, 0.1) is 17.7 Å². The molecule has 2 aromatic carbocycles. The Bertz CT molecular complexity index is 1070. The molecule has 1 N–H and O–H groups in total. The lowest BCUT2D eigenvalue weighted by Crippen LogP contribution is -2.16. The summed E-state index contributed by atoms with van der Waals surface area (Å²) in [5.41, 5.74) is 1.19. The van der Waals surface area contributed by atoms with Gasteiger partial charge in [0.2, 0.25) is 0 Å². The van der Waals surface area contributed by atoms with Crippen LogP contribution in [0.15, 0.2) is 46.2 Å². The van der Waals surface area contributed by atoms with Crippen molar-refractivity contribution in [2.24, 2.45) is 0 Å². The van der Waals surface area contributed by atoms with E-state index < -0.39 is 19.9 Å². The van der Waals surface area contributed by atoms with Crippen LogP contribution in [0.1, 0.15) is 22.8 Å². The first kappa shape index (κ1) is 19.9. The predicted molar refractivity (Wildman–Crippen MR) is 98.1 cm³/mol. The van der Waals surface area contributed by atoms with Gasteiger partial charge >= 0.3 is 0 Å². The van der Waals surface area contributed by atoms with Crippen LogP contribution >= 0.6 is 0 Å². The number of anilines is 1. The van der Waals surface area contributed by atoms with Crippen LogP contribution in [0.2, 0.25) is 0 Å². The van der Waals surface area contributed by atoms with E-state index in [1.54, 1.807) is 19.1 Å². The zero-order valence-electron chi connectivity index (χ0n) is 14.7. The van der Waals surface area contributed by atoms with Crippen molar-refractivity contribution in [2.45, 2.75) is 23.6 Å². The van der Waals surface area contributed by atoms with Crippen molar-refractivity contribution < 1.29 is 26.4 Å². The summed E-state index contributed by atoms with van der Waals surface area (Å²) in [5.74, 6) is -0.202. The number of ether oxygens (including phenoxy) is 1. The smallest absolute Gasteiger partial charge is 0.265 e. The van der Waals surface area contributed by atoms with Gasteiger partial charge in [-0.05, 0) is 43.7 Å². The summed E-state index contributed by atoms with van der Waals surface area (Å²) in [5, 5.41) is 0. The van der Waals surface area contributed by atoms with Crippen molar-refractivity contribution in [3.8, 4) is 5.75 Å². The van der Waals surface area contributed by atoms with E-state index in [2.05, 4.69) is 4.72 Å². The molecule has 0 bridgehead atoms. The number of ketones is 1. The number of benzene rings is 2. The molecular weight excluding hydrogens is 378 g/mol. The number of Topliss-reactive ketones (excluding diaryl/α,β-unsaturated/α-hetero) is 1. The highest BCUT2D eigenvalue weighted by atomic mass is 32.2. The predicted octanol–water partition coefficient (Wildman–Crippen LogP) is 2.41. The van der Waals surface area contributed by atoms with E-state index in [0.29, 0.717) is 11.1 Å². The topological polar surface area (TPSA) is 107 Å². The highest BCUT2D eigenvalue weighted by molar-refractivity contribution is 7.93. The minimum atomic E-state index is -4.15. The van der Waals surface area contributed by atoms with Crippen molar-refractivity contribution in [1.82, 2.24) is 0 Å². The van der Waals surface area contributed by atoms with Gasteiger partial charge in [0, 0.05) is 11.8 Å². The van der Waals surface area contributed by atoms with Crippen LogP contribution in [0.5, 0.6) is 5.75 Å². The van der Waals surface area contributed by atoms with Crippen molar-refractivity contribution in [1.29, 1.82) is 0 Å². The molecule has 2 aromatic rings. The first-order valence-electron chi connectivity index (χ1n) is 7.48. The fraction of sp³-hybridized carbons (Fsp3) is 0.235. The summed E-state index contributed by atoms with van der Waals surface area (Å²) in [4.78, 5) is 11.1. The fourth-order valence-electron chi connectivity index (χ4n) is 2.25. The molecule has 7 nitrogen and oxygen atoms in total. The highest BCUT2D eigenvalue weighted by Gasteiger charge is 2.23. The second-order valence-corrected chi connectivity index (χ2v) is 9.44. The van der Waals surface area contributed by atoms with Crippen molar-refractivity contribution in [3.63, 3.8) is 0 Å². The third-order valence-electron chi connectivity index (χ3n) is 3.74. The zero-order valence-corrected chi connectivity index (χ0v) is 16.4. The Labute approximate surface area is 153 Å². The SMILES string of the molecule is COc1ccc(S(C)(=O)=O)cc1S(=O)(=O)Nc1cc(C(C)=O)ccc1C.